The molecule has 3 heteroatoms. The quantitative estimate of drug-likeness (QED) is 0.770. The van der Waals surface area contributed by atoms with Crippen LogP contribution in [-0.4, -0.2) is 26.4 Å². The summed E-state index contributed by atoms with van der Waals surface area (Å²) in [5.41, 5.74) is 1.17. The second-order valence-electron chi connectivity index (χ2n) is 4.14. The molecule has 0 aliphatic heterocycles. The summed E-state index contributed by atoms with van der Waals surface area (Å²) in [7, 11) is 1.97. The summed E-state index contributed by atoms with van der Waals surface area (Å²) in [6, 6.07) is 8.33. The number of ether oxygens (including phenoxy) is 2. The van der Waals surface area contributed by atoms with Crippen LogP contribution in [0.3, 0.4) is 0 Å². The van der Waals surface area contributed by atoms with E-state index in [-0.39, 0.29) is 12.1 Å². The standard InChI is InChI=1S/C15H25NO2/c1-5-13(17-6-2)15(16-4)12-10-8-9-11-14(12)18-7-3/h8-11,13,15-16H,5-7H2,1-4H3. The molecule has 0 amide bonds. The van der Waals surface area contributed by atoms with Crippen LogP contribution in [0.2, 0.25) is 0 Å². The van der Waals surface area contributed by atoms with Gasteiger partial charge in [0.05, 0.1) is 18.8 Å². The molecule has 0 radical (unpaired) electrons. The van der Waals surface area contributed by atoms with Crippen molar-refractivity contribution >= 4 is 0 Å². The SMILES string of the molecule is CCOc1ccccc1C(NC)C(CC)OCC. The van der Waals surface area contributed by atoms with E-state index >= 15 is 0 Å². The Morgan fingerprint density at radius 2 is 1.83 bits per heavy atom. The van der Waals surface area contributed by atoms with Crippen LogP contribution in [0, 0.1) is 0 Å². The largest absolute Gasteiger partial charge is 0.494 e. The molecule has 1 aromatic rings. The van der Waals surface area contributed by atoms with Crippen molar-refractivity contribution in [3.63, 3.8) is 0 Å². The lowest BCUT2D eigenvalue weighted by molar-refractivity contribution is 0.0327. The Morgan fingerprint density at radius 3 is 2.39 bits per heavy atom. The average Bonchev–Trinajstić information content (AvgIpc) is 2.40. The van der Waals surface area contributed by atoms with E-state index in [1.807, 2.05) is 39.1 Å². The smallest absolute Gasteiger partial charge is 0.124 e. The molecule has 0 heterocycles. The average molecular weight is 251 g/mol. The first-order valence-electron chi connectivity index (χ1n) is 6.78. The molecule has 1 rings (SSSR count). The summed E-state index contributed by atoms with van der Waals surface area (Å²) in [5.74, 6) is 0.942. The van der Waals surface area contributed by atoms with Crippen LogP contribution < -0.4 is 10.1 Å². The van der Waals surface area contributed by atoms with Gasteiger partial charge in [0, 0.05) is 12.2 Å². The molecule has 0 bridgehead atoms. The van der Waals surface area contributed by atoms with Gasteiger partial charge < -0.3 is 14.8 Å². The molecule has 0 aliphatic rings. The predicted molar refractivity (Wildman–Crippen MR) is 75.1 cm³/mol. The normalized spacial score (nSPS) is 14.2. The highest BCUT2D eigenvalue weighted by Crippen LogP contribution is 2.29. The maximum absolute atomic E-state index is 5.81. The molecular weight excluding hydrogens is 226 g/mol. The van der Waals surface area contributed by atoms with Crippen LogP contribution in [0.4, 0.5) is 0 Å². The minimum absolute atomic E-state index is 0.165. The van der Waals surface area contributed by atoms with E-state index in [4.69, 9.17) is 9.47 Å². The Hall–Kier alpha value is -1.06. The first-order chi connectivity index (χ1) is 8.78. The Balaban J connectivity index is 2.99. The Kier molecular flexibility index (Phi) is 6.76. The van der Waals surface area contributed by atoms with Crippen molar-refractivity contribution in [3.05, 3.63) is 29.8 Å². The highest BCUT2D eigenvalue weighted by molar-refractivity contribution is 5.36. The third kappa shape index (κ3) is 3.72. The molecule has 2 unspecified atom stereocenters. The predicted octanol–water partition coefficient (Wildman–Crippen LogP) is 3.16. The fraction of sp³-hybridized carbons (Fsp3) is 0.600. The highest BCUT2D eigenvalue weighted by Gasteiger charge is 2.23. The number of para-hydroxylation sites is 1. The maximum Gasteiger partial charge on any atom is 0.124 e. The minimum Gasteiger partial charge on any atom is -0.494 e. The van der Waals surface area contributed by atoms with Gasteiger partial charge in [-0.15, -0.1) is 0 Å². The van der Waals surface area contributed by atoms with Gasteiger partial charge in [-0.3, -0.25) is 0 Å². The summed E-state index contributed by atoms with van der Waals surface area (Å²) in [5, 5.41) is 3.35. The zero-order chi connectivity index (χ0) is 13.4. The Labute approximate surface area is 110 Å². The van der Waals surface area contributed by atoms with Gasteiger partial charge in [0.25, 0.3) is 0 Å². The molecule has 0 saturated carbocycles. The maximum atomic E-state index is 5.81. The number of nitrogens with one attached hydrogen (secondary N) is 1. The molecule has 102 valence electrons. The Morgan fingerprint density at radius 1 is 1.11 bits per heavy atom. The summed E-state index contributed by atoms with van der Waals surface area (Å²) in [4.78, 5) is 0. The van der Waals surface area contributed by atoms with Crippen LogP contribution >= 0.6 is 0 Å². The molecule has 0 spiro atoms. The number of hydrogen-bond donors (Lipinski definition) is 1. The minimum atomic E-state index is 0.165. The molecular formula is C15H25NO2. The monoisotopic (exact) mass is 251 g/mol. The van der Waals surface area contributed by atoms with E-state index < -0.39 is 0 Å². The van der Waals surface area contributed by atoms with Gasteiger partial charge in [-0.1, -0.05) is 25.1 Å². The first-order valence-corrected chi connectivity index (χ1v) is 6.78. The van der Waals surface area contributed by atoms with Crippen molar-refractivity contribution in [3.8, 4) is 5.75 Å². The number of likely N-dealkylation sites (N-methyl/N-ethyl adjacent to an activating group) is 1. The highest BCUT2D eigenvalue weighted by atomic mass is 16.5. The van der Waals surface area contributed by atoms with Crippen LogP contribution in [0.25, 0.3) is 0 Å². The topological polar surface area (TPSA) is 30.5 Å². The van der Waals surface area contributed by atoms with E-state index in [1.54, 1.807) is 0 Å². The lowest BCUT2D eigenvalue weighted by Gasteiger charge is -2.27. The van der Waals surface area contributed by atoms with Crippen molar-refractivity contribution < 1.29 is 9.47 Å². The molecule has 1 aromatic carbocycles. The van der Waals surface area contributed by atoms with Crippen LogP contribution in [-0.2, 0) is 4.74 Å². The van der Waals surface area contributed by atoms with Crippen molar-refractivity contribution in [1.29, 1.82) is 0 Å². The van der Waals surface area contributed by atoms with Gasteiger partial charge in [-0.2, -0.15) is 0 Å². The lowest BCUT2D eigenvalue weighted by atomic mass is 9.98. The number of benzene rings is 1. The van der Waals surface area contributed by atoms with Crippen LogP contribution in [0.5, 0.6) is 5.75 Å². The molecule has 1 N–H and O–H groups in total. The van der Waals surface area contributed by atoms with Gasteiger partial charge >= 0.3 is 0 Å². The van der Waals surface area contributed by atoms with Crippen molar-refractivity contribution in [2.45, 2.75) is 39.3 Å². The van der Waals surface area contributed by atoms with Gasteiger partial charge in [-0.05, 0) is 33.4 Å². The van der Waals surface area contributed by atoms with Gasteiger partial charge in [-0.25, -0.2) is 0 Å². The fourth-order valence-electron chi connectivity index (χ4n) is 2.23. The summed E-state index contributed by atoms with van der Waals surface area (Å²) < 4.78 is 11.5. The van der Waals surface area contributed by atoms with Crippen molar-refractivity contribution in [2.75, 3.05) is 20.3 Å². The van der Waals surface area contributed by atoms with E-state index in [0.29, 0.717) is 6.61 Å². The third-order valence-corrected chi connectivity index (χ3v) is 3.02. The lowest BCUT2D eigenvalue weighted by Crippen LogP contribution is -2.31. The van der Waals surface area contributed by atoms with E-state index in [1.165, 1.54) is 5.56 Å². The van der Waals surface area contributed by atoms with Crippen LogP contribution in [0.1, 0.15) is 38.8 Å². The van der Waals surface area contributed by atoms with Gasteiger partial charge in [0.2, 0.25) is 0 Å². The van der Waals surface area contributed by atoms with Crippen molar-refractivity contribution in [2.24, 2.45) is 0 Å². The summed E-state index contributed by atoms with van der Waals surface area (Å²) in [6.45, 7) is 7.59. The van der Waals surface area contributed by atoms with E-state index in [0.717, 1.165) is 18.8 Å². The molecule has 0 aromatic heterocycles. The van der Waals surface area contributed by atoms with Gasteiger partial charge in [0.1, 0.15) is 5.75 Å². The number of rotatable bonds is 8. The van der Waals surface area contributed by atoms with E-state index in [2.05, 4.69) is 18.3 Å². The fourth-order valence-corrected chi connectivity index (χ4v) is 2.23. The molecule has 18 heavy (non-hydrogen) atoms. The summed E-state index contributed by atoms with van der Waals surface area (Å²) >= 11 is 0. The summed E-state index contributed by atoms with van der Waals surface area (Å²) in [6.07, 6.45) is 1.14. The third-order valence-electron chi connectivity index (χ3n) is 3.02. The molecule has 3 nitrogen and oxygen atoms in total. The van der Waals surface area contributed by atoms with Gasteiger partial charge in [0.15, 0.2) is 0 Å². The zero-order valence-corrected chi connectivity index (χ0v) is 11.9. The molecule has 2 atom stereocenters. The van der Waals surface area contributed by atoms with Crippen molar-refractivity contribution in [1.82, 2.24) is 5.32 Å². The zero-order valence-electron chi connectivity index (χ0n) is 11.9. The first kappa shape index (κ1) is 15.0. The molecule has 0 fully saturated rings. The molecule has 0 aliphatic carbocycles. The van der Waals surface area contributed by atoms with E-state index in [9.17, 15) is 0 Å². The molecule has 0 saturated heterocycles. The van der Waals surface area contributed by atoms with Crippen LogP contribution in [0.15, 0.2) is 24.3 Å². The number of hydrogen-bond acceptors (Lipinski definition) is 3. The second kappa shape index (κ2) is 8.11. The Bertz CT molecular complexity index is 341. The second-order valence-corrected chi connectivity index (χ2v) is 4.14.